The summed E-state index contributed by atoms with van der Waals surface area (Å²) >= 11 is 1.60. The second-order valence-electron chi connectivity index (χ2n) is 6.78. The van der Waals surface area contributed by atoms with Crippen LogP contribution in [0.1, 0.15) is 59.4 Å². The van der Waals surface area contributed by atoms with E-state index < -0.39 is 11.6 Å². The van der Waals surface area contributed by atoms with Crippen LogP contribution in [0.2, 0.25) is 0 Å². The van der Waals surface area contributed by atoms with Crippen LogP contribution in [-0.2, 0) is 0 Å². The van der Waals surface area contributed by atoms with Crippen molar-refractivity contribution in [3.8, 4) is 23.0 Å². The molecule has 122 valence electrons. The molecule has 0 saturated carbocycles. The second-order valence-corrected chi connectivity index (χ2v) is 7.60. The van der Waals surface area contributed by atoms with Crippen molar-refractivity contribution in [2.45, 2.75) is 70.4 Å². The zero-order valence-corrected chi connectivity index (χ0v) is 15.1. The summed E-state index contributed by atoms with van der Waals surface area (Å²) in [5.74, 6) is 2.15. The van der Waals surface area contributed by atoms with Crippen molar-refractivity contribution in [1.29, 1.82) is 0 Å². The Bertz CT molecular complexity index is 577. The largest absolute Gasteiger partial charge is 0.449 e. The lowest BCUT2D eigenvalue weighted by molar-refractivity contribution is -0.0509. The molecule has 1 aromatic carbocycles. The molecule has 0 N–H and O–H groups in total. The maximum atomic E-state index is 6.11. The molecule has 5 heteroatoms. The van der Waals surface area contributed by atoms with Crippen LogP contribution in [0, 0.1) is 0 Å². The predicted molar refractivity (Wildman–Crippen MR) is 87.6 cm³/mol. The molecular weight excluding hydrogens is 300 g/mol. The number of rotatable bonds is 3. The molecule has 0 fully saturated rings. The van der Waals surface area contributed by atoms with E-state index in [0.29, 0.717) is 5.92 Å². The fraction of sp³-hybridized carbons (Fsp3) is 0.647. The highest BCUT2D eigenvalue weighted by atomic mass is 32.2. The molecule has 0 radical (unpaired) electrons. The van der Waals surface area contributed by atoms with Gasteiger partial charge in [-0.05, 0) is 18.6 Å². The molecule has 0 aliphatic carbocycles. The van der Waals surface area contributed by atoms with Gasteiger partial charge in [0.2, 0.25) is 11.6 Å². The molecule has 0 amide bonds. The molecule has 2 aliphatic heterocycles. The van der Waals surface area contributed by atoms with Crippen LogP contribution in [0.5, 0.6) is 23.0 Å². The van der Waals surface area contributed by atoms with E-state index in [1.165, 1.54) is 0 Å². The van der Waals surface area contributed by atoms with Gasteiger partial charge in [0.15, 0.2) is 23.0 Å². The van der Waals surface area contributed by atoms with E-state index in [-0.39, 0.29) is 0 Å². The third-order valence-corrected chi connectivity index (χ3v) is 4.79. The van der Waals surface area contributed by atoms with Gasteiger partial charge in [-0.25, -0.2) is 0 Å². The summed E-state index contributed by atoms with van der Waals surface area (Å²) in [6.45, 7) is 12.0. The molecule has 2 heterocycles. The number of ether oxygens (including phenoxy) is 4. The van der Waals surface area contributed by atoms with Crippen LogP contribution in [0.25, 0.3) is 0 Å². The van der Waals surface area contributed by atoms with Gasteiger partial charge in [-0.15, -0.1) is 11.8 Å². The van der Waals surface area contributed by atoms with E-state index in [0.717, 1.165) is 39.9 Å². The molecule has 1 unspecified atom stereocenters. The lowest BCUT2D eigenvalue weighted by atomic mass is 9.95. The van der Waals surface area contributed by atoms with Crippen molar-refractivity contribution in [2.75, 3.05) is 6.26 Å². The maximum absolute atomic E-state index is 6.11. The zero-order valence-electron chi connectivity index (χ0n) is 14.3. The van der Waals surface area contributed by atoms with Crippen molar-refractivity contribution < 1.29 is 18.9 Å². The van der Waals surface area contributed by atoms with E-state index in [2.05, 4.69) is 13.8 Å². The van der Waals surface area contributed by atoms with Gasteiger partial charge in [0.05, 0.1) is 4.90 Å². The Morgan fingerprint density at radius 2 is 1.27 bits per heavy atom. The summed E-state index contributed by atoms with van der Waals surface area (Å²) in [5, 5.41) is 0. The highest BCUT2D eigenvalue weighted by Crippen LogP contribution is 2.61. The van der Waals surface area contributed by atoms with E-state index in [1.54, 1.807) is 11.8 Å². The van der Waals surface area contributed by atoms with E-state index >= 15 is 0 Å². The van der Waals surface area contributed by atoms with E-state index in [4.69, 9.17) is 18.9 Å². The van der Waals surface area contributed by atoms with E-state index in [1.807, 2.05) is 34.0 Å². The molecule has 0 spiro atoms. The molecule has 2 aliphatic rings. The lowest BCUT2D eigenvalue weighted by Gasteiger charge is -2.20. The van der Waals surface area contributed by atoms with Crippen LogP contribution in [-0.4, -0.2) is 17.8 Å². The molecule has 1 aromatic rings. The number of thioether (sulfide) groups is 1. The Kier molecular flexibility index (Phi) is 3.47. The summed E-state index contributed by atoms with van der Waals surface area (Å²) in [4.78, 5) is 0.952. The van der Waals surface area contributed by atoms with Crippen LogP contribution in [0.15, 0.2) is 4.90 Å². The molecule has 4 nitrogen and oxygen atoms in total. The second kappa shape index (κ2) is 4.88. The summed E-state index contributed by atoms with van der Waals surface area (Å²) < 4.78 is 24.4. The smallest absolute Gasteiger partial charge is 0.246 e. The van der Waals surface area contributed by atoms with Crippen molar-refractivity contribution in [3.63, 3.8) is 0 Å². The summed E-state index contributed by atoms with van der Waals surface area (Å²) in [6.07, 6.45) is 3.01. The summed E-state index contributed by atoms with van der Waals surface area (Å²) in [5.41, 5.74) is 1.06. The Balaban J connectivity index is 2.28. The molecule has 0 bridgehead atoms. The standard InChI is InChI=1S/C17H24O4S/c1-8-9(2)10-11-13(20-16(3,4)18-11)15(22-7)14-12(10)19-17(5,6)21-14/h9H,8H2,1-7H3. The van der Waals surface area contributed by atoms with E-state index in [9.17, 15) is 0 Å². The van der Waals surface area contributed by atoms with Gasteiger partial charge < -0.3 is 18.9 Å². The first-order valence-corrected chi connectivity index (χ1v) is 8.95. The Labute approximate surface area is 136 Å². The van der Waals surface area contributed by atoms with Gasteiger partial charge in [0.1, 0.15) is 0 Å². The van der Waals surface area contributed by atoms with Crippen LogP contribution >= 0.6 is 11.8 Å². The zero-order chi connectivity index (χ0) is 16.3. The van der Waals surface area contributed by atoms with Gasteiger partial charge >= 0.3 is 0 Å². The molecule has 0 saturated heterocycles. The van der Waals surface area contributed by atoms with Crippen molar-refractivity contribution in [1.82, 2.24) is 0 Å². The first kappa shape index (κ1) is 15.7. The first-order chi connectivity index (χ1) is 10.2. The number of hydrogen-bond acceptors (Lipinski definition) is 5. The van der Waals surface area contributed by atoms with Crippen molar-refractivity contribution >= 4 is 11.8 Å². The molecule has 3 rings (SSSR count). The summed E-state index contributed by atoms with van der Waals surface area (Å²) in [6, 6.07) is 0. The number of hydrogen-bond donors (Lipinski definition) is 0. The minimum atomic E-state index is -0.667. The first-order valence-electron chi connectivity index (χ1n) is 7.73. The van der Waals surface area contributed by atoms with Crippen LogP contribution < -0.4 is 18.9 Å². The lowest BCUT2D eigenvalue weighted by Crippen LogP contribution is -2.31. The predicted octanol–water partition coefficient (Wildman–Crippen LogP) is 4.94. The van der Waals surface area contributed by atoms with Gasteiger partial charge in [0, 0.05) is 33.3 Å². The Morgan fingerprint density at radius 3 is 1.64 bits per heavy atom. The SMILES string of the molecule is CCC(C)c1c2c(c(SC)c3c1OC(C)(C)O3)OC(C)(C)O2. The Morgan fingerprint density at radius 1 is 0.864 bits per heavy atom. The number of fused-ring (bicyclic) bond motifs is 2. The molecule has 1 atom stereocenters. The third-order valence-electron chi connectivity index (χ3n) is 4.01. The topological polar surface area (TPSA) is 36.9 Å². The molecule has 22 heavy (non-hydrogen) atoms. The molecule has 0 aromatic heterocycles. The average molecular weight is 324 g/mol. The Hall–Kier alpha value is -1.23. The maximum Gasteiger partial charge on any atom is 0.246 e. The third kappa shape index (κ3) is 2.30. The van der Waals surface area contributed by atoms with Crippen LogP contribution in [0.3, 0.4) is 0 Å². The van der Waals surface area contributed by atoms with Crippen LogP contribution in [0.4, 0.5) is 0 Å². The monoisotopic (exact) mass is 324 g/mol. The number of benzene rings is 1. The quantitative estimate of drug-likeness (QED) is 0.736. The highest BCUT2D eigenvalue weighted by molar-refractivity contribution is 7.98. The van der Waals surface area contributed by atoms with Gasteiger partial charge in [-0.1, -0.05) is 13.8 Å². The van der Waals surface area contributed by atoms with Gasteiger partial charge in [0.25, 0.3) is 0 Å². The fourth-order valence-electron chi connectivity index (χ4n) is 2.91. The minimum Gasteiger partial charge on any atom is -0.449 e. The minimum absolute atomic E-state index is 0.299. The fourth-order valence-corrected chi connectivity index (χ4v) is 3.55. The molecular formula is C17H24O4S. The van der Waals surface area contributed by atoms with Crippen molar-refractivity contribution in [2.24, 2.45) is 0 Å². The summed E-state index contributed by atoms with van der Waals surface area (Å²) in [7, 11) is 0. The van der Waals surface area contributed by atoms with Gasteiger partial charge in [-0.3, -0.25) is 0 Å². The van der Waals surface area contributed by atoms with Gasteiger partial charge in [-0.2, -0.15) is 0 Å². The highest BCUT2D eigenvalue weighted by Gasteiger charge is 2.45. The average Bonchev–Trinajstić information content (AvgIpc) is 2.88. The van der Waals surface area contributed by atoms with Crippen molar-refractivity contribution in [3.05, 3.63) is 5.56 Å². The normalized spacial score (nSPS) is 21.0.